The lowest BCUT2D eigenvalue weighted by atomic mass is 10.2. The molecule has 8 heteroatoms. The molecule has 0 aliphatic carbocycles. The number of methoxy groups -OCH3 is 1. The highest BCUT2D eigenvalue weighted by Crippen LogP contribution is 2.31. The molecule has 0 fully saturated rings. The van der Waals surface area contributed by atoms with E-state index < -0.39 is 0 Å². The SMILES string of the molecule is COc1ccc(Nc2nnc(SCc3ccc(Cl)c(Cl)c3)s2)cc1. The molecule has 0 amide bonds. The molecule has 0 aliphatic rings. The zero-order chi connectivity index (χ0) is 16.9. The summed E-state index contributed by atoms with van der Waals surface area (Å²) >= 11 is 15.1. The van der Waals surface area contributed by atoms with Crippen LogP contribution in [0.25, 0.3) is 0 Å². The number of ether oxygens (including phenoxy) is 1. The van der Waals surface area contributed by atoms with Crippen LogP contribution in [0.3, 0.4) is 0 Å². The van der Waals surface area contributed by atoms with Crippen LogP contribution in [0.4, 0.5) is 10.8 Å². The highest BCUT2D eigenvalue weighted by Gasteiger charge is 2.07. The van der Waals surface area contributed by atoms with Crippen LogP contribution in [0.5, 0.6) is 5.75 Å². The van der Waals surface area contributed by atoms with Crippen molar-refractivity contribution in [2.45, 2.75) is 10.1 Å². The maximum Gasteiger partial charge on any atom is 0.210 e. The second-order valence-corrected chi connectivity index (χ2v) is 7.78. The standard InChI is InChI=1S/C16H13Cl2N3OS2/c1-22-12-5-3-11(4-6-12)19-15-20-21-16(24-15)23-9-10-2-7-13(17)14(18)8-10/h2-8H,9H2,1H3,(H,19,20). The summed E-state index contributed by atoms with van der Waals surface area (Å²) in [4.78, 5) is 0. The predicted molar refractivity (Wildman–Crippen MR) is 102 cm³/mol. The monoisotopic (exact) mass is 397 g/mol. The van der Waals surface area contributed by atoms with E-state index in [1.165, 1.54) is 11.3 Å². The van der Waals surface area contributed by atoms with Crippen molar-refractivity contribution in [3.63, 3.8) is 0 Å². The molecular formula is C16H13Cl2N3OS2. The van der Waals surface area contributed by atoms with Gasteiger partial charge in [0, 0.05) is 11.4 Å². The van der Waals surface area contributed by atoms with Gasteiger partial charge < -0.3 is 10.1 Å². The molecule has 1 N–H and O–H groups in total. The molecule has 0 radical (unpaired) electrons. The Morgan fingerprint density at radius 2 is 1.88 bits per heavy atom. The molecule has 0 saturated carbocycles. The molecule has 2 aromatic carbocycles. The molecule has 0 unspecified atom stereocenters. The minimum Gasteiger partial charge on any atom is -0.497 e. The Kier molecular flexibility index (Phi) is 5.84. The summed E-state index contributed by atoms with van der Waals surface area (Å²) in [6.07, 6.45) is 0. The molecule has 1 heterocycles. The maximum absolute atomic E-state index is 6.03. The first-order valence-electron chi connectivity index (χ1n) is 6.95. The first kappa shape index (κ1) is 17.4. The summed E-state index contributed by atoms with van der Waals surface area (Å²) in [5.74, 6) is 1.57. The van der Waals surface area contributed by atoms with Crippen LogP contribution in [-0.2, 0) is 5.75 Å². The van der Waals surface area contributed by atoms with Crippen LogP contribution in [0.2, 0.25) is 10.0 Å². The molecule has 0 saturated heterocycles. The largest absolute Gasteiger partial charge is 0.497 e. The average molecular weight is 398 g/mol. The van der Waals surface area contributed by atoms with Gasteiger partial charge in [-0.3, -0.25) is 0 Å². The van der Waals surface area contributed by atoms with E-state index >= 15 is 0 Å². The third-order valence-electron chi connectivity index (χ3n) is 3.09. The van der Waals surface area contributed by atoms with Gasteiger partial charge in [0.2, 0.25) is 5.13 Å². The first-order valence-corrected chi connectivity index (χ1v) is 9.51. The zero-order valence-electron chi connectivity index (χ0n) is 12.6. The highest BCUT2D eigenvalue weighted by atomic mass is 35.5. The fourth-order valence-corrected chi connectivity index (χ4v) is 3.93. The Labute approximate surface area is 158 Å². The van der Waals surface area contributed by atoms with E-state index in [4.69, 9.17) is 27.9 Å². The molecule has 0 spiro atoms. The van der Waals surface area contributed by atoms with E-state index in [-0.39, 0.29) is 0 Å². The molecule has 0 atom stereocenters. The van der Waals surface area contributed by atoms with Crippen LogP contribution in [-0.4, -0.2) is 17.3 Å². The van der Waals surface area contributed by atoms with E-state index in [9.17, 15) is 0 Å². The second kappa shape index (κ2) is 8.07. The van der Waals surface area contributed by atoms with Crippen molar-refractivity contribution >= 4 is 57.1 Å². The minimum atomic E-state index is 0.562. The lowest BCUT2D eigenvalue weighted by molar-refractivity contribution is 0.415. The summed E-state index contributed by atoms with van der Waals surface area (Å²) in [7, 11) is 1.64. The van der Waals surface area contributed by atoms with Crippen molar-refractivity contribution in [3.05, 3.63) is 58.1 Å². The van der Waals surface area contributed by atoms with Crippen molar-refractivity contribution < 1.29 is 4.74 Å². The van der Waals surface area contributed by atoms with Gasteiger partial charge in [-0.25, -0.2) is 0 Å². The molecule has 24 heavy (non-hydrogen) atoms. The summed E-state index contributed by atoms with van der Waals surface area (Å²) in [6, 6.07) is 13.3. The van der Waals surface area contributed by atoms with Gasteiger partial charge >= 0.3 is 0 Å². The van der Waals surface area contributed by atoms with Crippen molar-refractivity contribution in [2.24, 2.45) is 0 Å². The number of thioether (sulfide) groups is 1. The number of nitrogens with zero attached hydrogens (tertiary/aromatic N) is 2. The Hall–Kier alpha value is -1.47. The maximum atomic E-state index is 6.03. The first-order chi connectivity index (χ1) is 11.6. The zero-order valence-corrected chi connectivity index (χ0v) is 15.8. The van der Waals surface area contributed by atoms with Crippen molar-refractivity contribution in [1.29, 1.82) is 0 Å². The fraction of sp³-hybridized carbons (Fsp3) is 0.125. The van der Waals surface area contributed by atoms with Crippen molar-refractivity contribution in [1.82, 2.24) is 10.2 Å². The number of hydrogen-bond acceptors (Lipinski definition) is 6. The lowest BCUT2D eigenvalue weighted by Crippen LogP contribution is -1.89. The van der Waals surface area contributed by atoms with E-state index in [0.29, 0.717) is 10.0 Å². The molecule has 4 nitrogen and oxygen atoms in total. The van der Waals surface area contributed by atoms with Crippen LogP contribution in [0.15, 0.2) is 46.8 Å². The van der Waals surface area contributed by atoms with E-state index in [1.807, 2.05) is 36.4 Å². The molecule has 1 aromatic heterocycles. The number of nitrogens with one attached hydrogen (secondary N) is 1. The number of benzene rings is 2. The van der Waals surface area contributed by atoms with Gasteiger partial charge in [-0.1, -0.05) is 52.4 Å². The number of halogens is 2. The number of aromatic nitrogens is 2. The smallest absolute Gasteiger partial charge is 0.210 e. The van der Waals surface area contributed by atoms with Crippen molar-refractivity contribution in [3.8, 4) is 5.75 Å². The van der Waals surface area contributed by atoms with E-state index in [1.54, 1.807) is 24.9 Å². The van der Waals surface area contributed by atoms with Gasteiger partial charge in [-0.2, -0.15) is 0 Å². The van der Waals surface area contributed by atoms with Crippen LogP contribution in [0.1, 0.15) is 5.56 Å². The second-order valence-electron chi connectivity index (χ2n) is 4.76. The summed E-state index contributed by atoms with van der Waals surface area (Å²) in [5.41, 5.74) is 2.03. The normalized spacial score (nSPS) is 10.6. The Balaban J connectivity index is 1.59. The van der Waals surface area contributed by atoms with E-state index in [2.05, 4.69) is 15.5 Å². The molecule has 124 valence electrons. The number of rotatable bonds is 6. The van der Waals surface area contributed by atoms with Gasteiger partial charge in [0.25, 0.3) is 0 Å². The van der Waals surface area contributed by atoms with Crippen LogP contribution >= 0.6 is 46.3 Å². The fourth-order valence-electron chi connectivity index (χ4n) is 1.89. The number of anilines is 2. The molecule has 0 aliphatic heterocycles. The van der Waals surface area contributed by atoms with Gasteiger partial charge in [-0.15, -0.1) is 10.2 Å². The van der Waals surface area contributed by atoms with Gasteiger partial charge in [0.1, 0.15) is 5.75 Å². The summed E-state index contributed by atoms with van der Waals surface area (Å²) in [5, 5.41) is 13.4. The quantitative estimate of drug-likeness (QED) is 0.525. The lowest BCUT2D eigenvalue weighted by Gasteiger charge is -2.03. The van der Waals surface area contributed by atoms with Crippen molar-refractivity contribution in [2.75, 3.05) is 12.4 Å². The molecule has 0 bridgehead atoms. The molecular weight excluding hydrogens is 385 g/mol. The predicted octanol–water partition coefficient (Wildman–Crippen LogP) is 5.89. The molecule has 3 aromatic rings. The molecule has 3 rings (SSSR count). The van der Waals surface area contributed by atoms with E-state index in [0.717, 1.165) is 32.2 Å². The summed E-state index contributed by atoms with van der Waals surface area (Å²) in [6.45, 7) is 0. The van der Waals surface area contributed by atoms with Gasteiger partial charge in [0.15, 0.2) is 4.34 Å². The topological polar surface area (TPSA) is 47.0 Å². The average Bonchev–Trinajstić information content (AvgIpc) is 3.04. The van der Waals surface area contributed by atoms with Gasteiger partial charge in [0.05, 0.1) is 17.2 Å². The van der Waals surface area contributed by atoms with Crippen LogP contribution < -0.4 is 10.1 Å². The van der Waals surface area contributed by atoms with Crippen LogP contribution in [0, 0.1) is 0 Å². The third-order valence-corrected chi connectivity index (χ3v) is 5.88. The summed E-state index contributed by atoms with van der Waals surface area (Å²) < 4.78 is 6.03. The third kappa shape index (κ3) is 4.54. The number of hydrogen-bond donors (Lipinski definition) is 1. The minimum absolute atomic E-state index is 0.562. The van der Waals surface area contributed by atoms with Gasteiger partial charge in [-0.05, 0) is 42.0 Å². The highest BCUT2D eigenvalue weighted by molar-refractivity contribution is 8.00. The Bertz CT molecular complexity index is 824. The Morgan fingerprint density at radius 1 is 1.08 bits per heavy atom. The Morgan fingerprint density at radius 3 is 2.58 bits per heavy atom.